The Bertz CT molecular complexity index is 1040. The van der Waals surface area contributed by atoms with E-state index in [0.717, 1.165) is 17.1 Å². The maximum Gasteiger partial charge on any atom is 0.416 e. The molecule has 2 amide bonds. The van der Waals surface area contributed by atoms with Crippen LogP contribution in [0.4, 0.5) is 29.3 Å². The van der Waals surface area contributed by atoms with Crippen LogP contribution in [0.3, 0.4) is 0 Å². The SMILES string of the molecule is Cc1cc(Cl)c(NC(=O)Nc2ccc3c(C)n(C)nc3c2)cc1C(F)(F)F. The summed E-state index contributed by atoms with van der Waals surface area (Å²) >= 11 is 5.97. The van der Waals surface area contributed by atoms with Crippen LogP contribution >= 0.6 is 11.6 Å². The molecule has 0 unspecified atom stereocenters. The Morgan fingerprint density at radius 1 is 1.15 bits per heavy atom. The Labute approximate surface area is 158 Å². The number of amides is 2. The lowest BCUT2D eigenvalue weighted by Gasteiger charge is -2.15. The Hall–Kier alpha value is -2.74. The number of nitrogens with zero attached hydrogens (tertiary/aromatic N) is 2. The van der Waals surface area contributed by atoms with Crippen LogP contribution < -0.4 is 10.6 Å². The molecule has 1 aromatic heterocycles. The second-order valence-electron chi connectivity index (χ2n) is 6.16. The van der Waals surface area contributed by atoms with Crippen molar-refractivity contribution in [1.29, 1.82) is 0 Å². The van der Waals surface area contributed by atoms with Gasteiger partial charge in [-0.25, -0.2) is 4.79 Å². The predicted molar refractivity (Wildman–Crippen MR) is 99.3 cm³/mol. The monoisotopic (exact) mass is 396 g/mol. The van der Waals surface area contributed by atoms with Crippen molar-refractivity contribution in [1.82, 2.24) is 9.78 Å². The summed E-state index contributed by atoms with van der Waals surface area (Å²) in [5.41, 5.74) is 1.13. The maximum atomic E-state index is 13.0. The lowest BCUT2D eigenvalue weighted by atomic mass is 10.1. The zero-order valence-electron chi connectivity index (χ0n) is 14.7. The molecule has 0 bridgehead atoms. The summed E-state index contributed by atoms with van der Waals surface area (Å²) < 4.78 is 40.9. The van der Waals surface area contributed by atoms with Crippen molar-refractivity contribution in [2.45, 2.75) is 20.0 Å². The van der Waals surface area contributed by atoms with E-state index in [1.165, 1.54) is 13.0 Å². The zero-order chi connectivity index (χ0) is 19.9. The lowest BCUT2D eigenvalue weighted by molar-refractivity contribution is -0.138. The van der Waals surface area contributed by atoms with Gasteiger partial charge in [0.1, 0.15) is 0 Å². The summed E-state index contributed by atoms with van der Waals surface area (Å²) in [7, 11) is 1.81. The van der Waals surface area contributed by atoms with Crippen LogP contribution in [0.25, 0.3) is 10.9 Å². The summed E-state index contributed by atoms with van der Waals surface area (Å²) in [6.45, 7) is 3.23. The molecule has 0 fully saturated rings. The van der Waals surface area contributed by atoms with Gasteiger partial charge in [-0.1, -0.05) is 11.6 Å². The molecular weight excluding hydrogens is 381 g/mol. The number of urea groups is 1. The smallest absolute Gasteiger partial charge is 0.308 e. The molecule has 0 spiro atoms. The minimum atomic E-state index is -4.54. The summed E-state index contributed by atoms with van der Waals surface area (Å²) in [5, 5.41) is 10.2. The fourth-order valence-electron chi connectivity index (χ4n) is 2.77. The number of nitrogens with one attached hydrogen (secondary N) is 2. The van der Waals surface area contributed by atoms with E-state index in [4.69, 9.17) is 11.6 Å². The number of aryl methyl sites for hydroxylation is 3. The molecule has 27 heavy (non-hydrogen) atoms. The number of fused-ring (bicyclic) bond motifs is 1. The van der Waals surface area contributed by atoms with Crippen molar-refractivity contribution in [3.8, 4) is 0 Å². The van der Waals surface area contributed by atoms with Gasteiger partial charge in [0.05, 0.1) is 21.8 Å². The van der Waals surface area contributed by atoms with Gasteiger partial charge in [0.25, 0.3) is 0 Å². The number of aromatic nitrogens is 2. The molecule has 0 aliphatic carbocycles. The third-order valence-corrected chi connectivity index (χ3v) is 4.57. The molecule has 0 atom stereocenters. The summed E-state index contributed by atoms with van der Waals surface area (Å²) in [4.78, 5) is 12.2. The van der Waals surface area contributed by atoms with Crippen molar-refractivity contribution >= 4 is 39.9 Å². The van der Waals surface area contributed by atoms with Crippen LogP contribution in [0.15, 0.2) is 30.3 Å². The van der Waals surface area contributed by atoms with Crippen LogP contribution in [0.1, 0.15) is 16.8 Å². The summed E-state index contributed by atoms with van der Waals surface area (Å²) in [6, 6.07) is 6.47. The first kappa shape index (κ1) is 19.0. The molecule has 2 aromatic carbocycles. The fourth-order valence-corrected chi connectivity index (χ4v) is 3.03. The highest BCUT2D eigenvalue weighted by Crippen LogP contribution is 2.36. The quantitative estimate of drug-likeness (QED) is 0.600. The molecule has 3 rings (SSSR count). The first-order valence-corrected chi connectivity index (χ1v) is 8.33. The number of carbonyl (C=O) groups excluding carboxylic acids is 1. The van der Waals surface area contributed by atoms with Crippen molar-refractivity contribution in [2.75, 3.05) is 10.6 Å². The second kappa shape index (κ2) is 6.77. The Morgan fingerprint density at radius 2 is 1.85 bits per heavy atom. The zero-order valence-corrected chi connectivity index (χ0v) is 15.5. The van der Waals surface area contributed by atoms with Gasteiger partial charge in [-0.2, -0.15) is 18.3 Å². The minimum absolute atomic E-state index is 0.0190. The number of rotatable bonds is 2. The maximum absolute atomic E-state index is 13.0. The molecule has 3 aromatic rings. The number of benzene rings is 2. The molecule has 9 heteroatoms. The second-order valence-corrected chi connectivity index (χ2v) is 6.57. The van der Waals surface area contributed by atoms with Gasteiger partial charge in [0.15, 0.2) is 0 Å². The van der Waals surface area contributed by atoms with E-state index in [1.54, 1.807) is 16.8 Å². The van der Waals surface area contributed by atoms with E-state index in [9.17, 15) is 18.0 Å². The van der Waals surface area contributed by atoms with Crippen molar-refractivity contribution < 1.29 is 18.0 Å². The molecule has 0 aliphatic rings. The van der Waals surface area contributed by atoms with E-state index < -0.39 is 17.8 Å². The normalized spacial score (nSPS) is 11.7. The largest absolute Gasteiger partial charge is 0.416 e. The molecule has 1 heterocycles. The van der Waals surface area contributed by atoms with Crippen LogP contribution in [0, 0.1) is 13.8 Å². The van der Waals surface area contributed by atoms with Gasteiger partial charge in [-0.15, -0.1) is 0 Å². The summed E-state index contributed by atoms with van der Waals surface area (Å²) in [5.74, 6) is 0. The number of halogens is 4. The van der Waals surface area contributed by atoms with Gasteiger partial charge in [-0.3, -0.25) is 4.68 Å². The fraction of sp³-hybridized carbons (Fsp3) is 0.222. The Kier molecular flexibility index (Phi) is 4.77. The first-order valence-electron chi connectivity index (χ1n) is 7.95. The standard InChI is InChI=1S/C18H16ClF3N4O/c1-9-6-14(19)16(8-13(9)18(20,21)22)24-17(27)23-11-4-5-12-10(2)26(3)25-15(12)7-11/h4-8H,1-3H3,(H2,23,24,27). The van der Waals surface area contributed by atoms with Gasteiger partial charge in [0, 0.05) is 23.8 Å². The molecule has 0 radical (unpaired) electrons. The molecule has 5 nitrogen and oxygen atoms in total. The molecular formula is C18H16ClF3N4O. The van der Waals surface area contributed by atoms with Crippen LogP contribution in [0.2, 0.25) is 5.02 Å². The van der Waals surface area contributed by atoms with Gasteiger partial charge >= 0.3 is 12.2 Å². The molecule has 0 saturated carbocycles. The number of anilines is 2. The number of alkyl halides is 3. The van der Waals surface area contributed by atoms with E-state index in [-0.39, 0.29) is 16.3 Å². The van der Waals surface area contributed by atoms with E-state index in [1.807, 2.05) is 20.0 Å². The topological polar surface area (TPSA) is 59.0 Å². The van der Waals surface area contributed by atoms with Crippen molar-refractivity contribution in [2.24, 2.45) is 7.05 Å². The average Bonchev–Trinajstić information content (AvgIpc) is 2.83. The average molecular weight is 397 g/mol. The molecule has 0 saturated heterocycles. The van der Waals surface area contributed by atoms with Crippen LogP contribution in [-0.4, -0.2) is 15.8 Å². The van der Waals surface area contributed by atoms with Gasteiger partial charge in [-0.05, 0) is 49.7 Å². The number of hydrogen-bond acceptors (Lipinski definition) is 2. The third-order valence-electron chi connectivity index (χ3n) is 4.26. The van der Waals surface area contributed by atoms with Crippen LogP contribution in [-0.2, 0) is 13.2 Å². The van der Waals surface area contributed by atoms with E-state index in [2.05, 4.69) is 15.7 Å². The number of carbonyl (C=O) groups is 1. The predicted octanol–water partition coefficient (Wildman–Crippen LogP) is 5.51. The third kappa shape index (κ3) is 3.85. The Morgan fingerprint density at radius 3 is 2.52 bits per heavy atom. The molecule has 2 N–H and O–H groups in total. The lowest BCUT2D eigenvalue weighted by Crippen LogP contribution is -2.20. The highest BCUT2D eigenvalue weighted by atomic mass is 35.5. The van der Waals surface area contributed by atoms with Gasteiger partial charge in [0.2, 0.25) is 0 Å². The molecule has 142 valence electrons. The highest BCUT2D eigenvalue weighted by Gasteiger charge is 2.33. The van der Waals surface area contributed by atoms with E-state index >= 15 is 0 Å². The van der Waals surface area contributed by atoms with Crippen molar-refractivity contribution in [3.63, 3.8) is 0 Å². The summed E-state index contributed by atoms with van der Waals surface area (Å²) in [6.07, 6.45) is -4.54. The van der Waals surface area contributed by atoms with Gasteiger partial charge < -0.3 is 10.6 Å². The highest BCUT2D eigenvalue weighted by molar-refractivity contribution is 6.34. The Balaban J connectivity index is 1.82. The number of hydrogen-bond donors (Lipinski definition) is 2. The first-order chi connectivity index (χ1) is 12.6. The van der Waals surface area contributed by atoms with E-state index in [0.29, 0.717) is 11.2 Å². The van der Waals surface area contributed by atoms with Crippen molar-refractivity contribution in [3.05, 3.63) is 52.2 Å². The molecule has 0 aliphatic heterocycles. The van der Waals surface area contributed by atoms with Crippen LogP contribution in [0.5, 0.6) is 0 Å². The minimum Gasteiger partial charge on any atom is -0.308 e.